The highest BCUT2D eigenvalue weighted by atomic mass is 16.5. The molecule has 2 aromatic carbocycles. The lowest BCUT2D eigenvalue weighted by Gasteiger charge is -2.41. The summed E-state index contributed by atoms with van der Waals surface area (Å²) in [6.45, 7) is 7.20. The van der Waals surface area contributed by atoms with E-state index in [4.69, 9.17) is 14.7 Å². The average molecular weight is 581 g/mol. The van der Waals surface area contributed by atoms with Gasteiger partial charge in [-0.05, 0) is 44.0 Å². The van der Waals surface area contributed by atoms with Gasteiger partial charge in [0.15, 0.2) is 0 Å². The maximum Gasteiger partial charge on any atom is 0.322 e. The average Bonchev–Trinajstić information content (AvgIpc) is 3.65. The van der Waals surface area contributed by atoms with Crippen LogP contribution in [0.15, 0.2) is 55.1 Å². The number of nitriles is 1. The van der Waals surface area contributed by atoms with Crippen molar-refractivity contribution in [2.45, 2.75) is 44.4 Å². The number of ether oxygens (including phenoxy) is 1. The Hall–Kier alpha value is -4.69. The number of nitrogens with zero attached hydrogens (tertiary/aromatic N) is 7. The Morgan fingerprint density at radius 1 is 1.12 bits per heavy atom. The second-order valence-electron chi connectivity index (χ2n) is 11.4. The van der Waals surface area contributed by atoms with Crippen LogP contribution in [0.3, 0.4) is 0 Å². The Balaban J connectivity index is 1.26. The van der Waals surface area contributed by atoms with Crippen molar-refractivity contribution in [2.24, 2.45) is 0 Å². The molecule has 3 aliphatic rings. The van der Waals surface area contributed by atoms with E-state index in [1.165, 1.54) is 6.08 Å². The zero-order chi connectivity index (χ0) is 29.9. The van der Waals surface area contributed by atoms with Crippen LogP contribution in [0, 0.1) is 11.3 Å². The summed E-state index contributed by atoms with van der Waals surface area (Å²) in [6.07, 6.45) is 3.68. The number of carbonyl (C=O) groups excluding carboxylic acids is 2. The zero-order valence-electron chi connectivity index (χ0n) is 24.4. The number of urea groups is 1. The summed E-state index contributed by atoms with van der Waals surface area (Å²) in [5.41, 5.74) is 2.35. The monoisotopic (exact) mass is 580 g/mol. The molecular weight excluding hydrogens is 544 g/mol. The van der Waals surface area contributed by atoms with E-state index >= 15 is 0 Å². The first-order valence-corrected chi connectivity index (χ1v) is 14.8. The molecule has 3 aromatic rings. The number of carbonyl (C=O) groups is 2. The highest BCUT2D eigenvalue weighted by Crippen LogP contribution is 2.34. The molecule has 3 amide bonds. The topological polar surface area (TPSA) is 118 Å². The molecule has 3 aliphatic heterocycles. The minimum Gasteiger partial charge on any atom is -0.462 e. The van der Waals surface area contributed by atoms with Crippen molar-refractivity contribution in [3.8, 4) is 12.1 Å². The molecule has 4 heterocycles. The Kier molecular flexibility index (Phi) is 8.11. The van der Waals surface area contributed by atoms with Gasteiger partial charge in [0.2, 0.25) is 5.91 Å². The van der Waals surface area contributed by atoms with Crippen molar-refractivity contribution < 1.29 is 14.3 Å². The Labute approximate surface area is 251 Å². The van der Waals surface area contributed by atoms with Gasteiger partial charge in [-0.15, -0.1) is 0 Å². The van der Waals surface area contributed by atoms with Crippen LogP contribution >= 0.6 is 0 Å². The van der Waals surface area contributed by atoms with Gasteiger partial charge in [-0.3, -0.25) is 4.79 Å². The number of aromatic nitrogens is 2. The largest absolute Gasteiger partial charge is 0.462 e. The Morgan fingerprint density at radius 2 is 1.95 bits per heavy atom. The molecule has 2 saturated heterocycles. The summed E-state index contributed by atoms with van der Waals surface area (Å²) < 4.78 is 6.17. The van der Waals surface area contributed by atoms with E-state index < -0.39 is 0 Å². The van der Waals surface area contributed by atoms with Crippen LogP contribution in [0.1, 0.15) is 30.5 Å². The first-order valence-electron chi connectivity index (χ1n) is 14.8. The molecule has 0 spiro atoms. The van der Waals surface area contributed by atoms with Crippen LogP contribution in [0.4, 0.5) is 16.3 Å². The highest BCUT2D eigenvalue weighted by molar-refractivity contribution is 6.01. The Morgan fingerprint density at radius 3 is 2.74 bits per heavy atom. The quantitative estimate of drug-likeness (QED) is 0.420. The van der Waals surface area contributed by atoms with Crippen LogP contribution in [0.5, 0.6) is 6.01 Å². The summed E-state index contributed by atoms with van der Waals surface area (Å²) >= 11 is 0. The number of fused-ring (bicyclic) bond motifs is 2. The van der Waals surface area contributed by atoms with Crippen LogP contribution < -0.4 is 15.0 Å². The Bertz CT molecular complexity index is 1580. The molecule has 43 heavy (non-hydrogen) atoms. The summed E-state index contributed by atoms with van der Waals surface area (Å²) in [5.74, 6) is 0.502. The molecule has 0 aliphatic carbocycles. The molecule has 1 N–H and O–H groups in total. The predicted molar refractivity (Wildman–Crippen MR) is 164 cm³/mol. The number of anilines is 2. The van der Waals surface area contributed by atoms with Crippen LogP contribution in [-0.2, 0) is 17.9 Å². The van der Waals surface area contributed by atoms with Crippen LogP contribution in [0.2, 0.25) is 0 Å². The number of amides is 3. The number of rotatable bonds is 7. The van der Waals surface area contributed by atoms with Crippen molar-refractivity contribution in [1.29, 1.82) is 5.26 Å². The molecule has 6 rings (SSSR count). The van der Waals surface area contributed by atoms with Crippen molar-refractivity contribution in [2.75, 3.05) is 50.1 Å². The fourth-order valence-electron chi connectivity index (χ4n) is 6.31. The van der Waals surface area contributed by atoms with E-state index in [-0.39, 0.29) is 30.4 Å². The van der Waals surface area contributed by atoms with Gasteiger partial charge in [0.1, 0.15) is 12.4 Å². The van der Waals surface area contributed by atoms with Crippen LogP contribution in [0.25, 0.3) is 10.8 Å². The minimum atomic E-state index is -0.307. The number of nitrogens with one attached hydrogen (secondary N) is 1. The van der Waals surface area contributed by atoms with E-state index in [0.717, 1.165) is 47.1 Å². The van der Waals surface area contributed by atoms with Gasteiger partial charge >= 0.3 is 12.0 Å². The van der Waals surface area contributed by atoms with Crippen molar-refractivity contribution in [3.05, 3.63) is 66.4 Å². The van der Waals surface area contributed by atoms with E-state index in [0.29, 0.717) is 51.2 Å². The summed E-state index contributed by atoms with van der Waals surface area (Å²) in [5, 5.41) is 14.6. The fraction of sp³-hybridized carbons (Fsp3) is 0.406. The van der Waals surface area contributed by atoms with Crippen LogP contribution in [-0.4, -0.2) is 88.5 Å². The molecule has 0 unspecified atom stereocenters. The minimum absolute atomic E-state index is 0.186. The first kappa shape index (κ1) is 28.4. The molecule has 2 atom stereocenters. The second kappa shape index (κ2) is 12.3. The maximum absolute atomic E-state index is 13.6. The van der Waals surface area contributed by atoms with Gasteiger partial charge < -0.3 is 29.7 Å². The number of benzene rings is 2. The predicted octanol–water partition coefficient (Wildman–Crippen LogP) is 3.77. The summed E-state index contributed by atoms with van der Waals surface area (Å²) in [7, 11) is 2.10. The van der Waals surface area contributed by atoms with Gasteiger partial charge in [-0.2, -0.15) is 15.2 Å². The van der Waals surface area contributed by atoms with Crippen molar-refractivity contribution in [1.82, 2.24) is 24.7 Å². The zero-order valence-corrected chi connectivity index (χ0v) is 24.4. The third-order valence-electron chi connectivity index (χ3n) is 8.70. The summed E-state index contributed by atoms with van der Waals surface area (Å²) in [6, 6.07) is 16.1. The third kappa shape index (κ3) is 5.83. The molecule has 1 aromatic heterocycles. The van der Waals surface area contributed by atoms with Gasteiger partial charge in [0.05, 0.1) is 43.0 Å². The number of likely N-dealkylation sites (N-methyl/N-ethyl adjacent to an activating group) is 1. The number of hydrogen-bond donors (Lipinski definition) is 1. The highest BCUT2D eigenvalue weighted by Gasteiger charge is 2.35. The molecule has 11 nitrogen and oxygen atoms in total. The van der Waals surface area contributed by atoms with E-state index in [9.17, 15) is 14.9 Å². The molecule has 222 valence electrons. The third-order valence-corrected chi connectivity index (χ3v) is 8.70. The number of likely N-dealkylation sites (tertiary alicyclic amines) is 1. The first-order chi connectivity index (χ1) is 20.9. The SMILES string of the molecule is C=CC(=O)N1CCN(c2nc(OC[C@@H]3CCCN3C)nc3c2CN(C(=O)Nc2cccc4ccccc24)C3)C[C@@H]1CC#N. The lowest BCUT2D eigenvalue weighted by atomic mass is 10.1. The normalized spacial score (nSPS) is 20.1. The lowest BCUT2D eigenvalue weighted by Crippen LogP contribution is -2.55. The van der Waals surface area contributed by atoms with Gasteiger partial charge in [-0.25, -0.2) is 4.79 Å². The molecule has 11 heteroatoms. The lowest BCUT2D eigenvalue weighted by molar-refractivity contribution is -0.128. The van der Waals surface area contributed by atoms with Crippen molar-refractivity contribution >= 4 is 34.2 Å². The van der Waals surface area contributed by atoms with E-state index in [1.54, 1.807) is 9.80 Å². The van der Waals surface area contributed by atoms with E-state index in [1.807, 2.05) is 42.5 Å². The van der Waals surface area contributed by atoms with Crippen molar-refractivity contribution in [3.63, 3.8) is 0 Å². The fourth-order valence-corrected chi connectivity index (χ4v) is 6.31. The maximum atomic E-state index is 13.6. The molecular formula is C32H36N8O3. The number of piperazine rings is 1. The molecule has 0 radical (unpaired) electrons. The van der Waals surface area contributed by atoms with Gasteiger partial charge in [0.25, 0.3) is 0 Å². The second-order valence-corrected chi connectivity index (χ2v) is 11.4. The smallest absolute Gasteiger partial charge is 0.322 e. The van der Waals surface area contributed by atoms with Gasteiger partial charge in [-0.1, -0.05) is 43.0 Å². The molecule has 2 fully saturated rings. The van der Waals surface area contributed by atoms with E-state index in [2.05, 4.69) is 34.8 Å². The molecule has 0 saturated carbocycles. The van der Waals surface area contributed by atoms with Gasteiger partial charge in [0, 0.05) is 36.6 Å². The molecule has 0 bridgehead atoms. The number of hydrogen-bond acceptors (Lipinski definition) is 8. The standard InChI is InChI=1S/C32H36N8O3/c1-3-29(41)40-17-16-38(18-23(40)13-14-33)30-26-19-39(32(42)35-27-12-6-9-22-8-4-5-11-25(22)27)20-28(26)34-31(36-30)43-21-24-10-7-15-37(24)2/h3-6,8-9,11-12,23-24H,1,7,10,13,15-21H2,2H3,(H,35,42)/t23-,24-/m0/s1. The summed E-state index contributed by atoms with van der Waals surface area (Å²) in [4.78, 5) is 43.5.